The molecule has 0 saturated carbocycles. The molecule has 11 heteroatoms. The first-order valence-electron chi connectivity index (χ1n) is 3.61. The van der Waals surface area contributed by atoms with Crippen molar-refractivity contribution in [3.05, 3.63) is 39.5 Å². The molecular weight excluding hydrogens is 311 g/mol. The maximum atomic E-state index is 13.2. The first-order chi connectivity index (χ1) is 7.74. The molecule has 1 rings (SSSR count). The molecule has 0 amide bonds. The van der Waals surface area contributed by atoms with E-state index < -0.39 is 40.5 Å². The zero-order chi connectivity index (χ0) is 13.4. The predicted molar refractivity (Wildman–Crippen MR) is 53.6 cm³/mol. The summed E-state index contributed by atoms with van der Waals surface area (Å²) in [5.74, 6) is -11.2. The first-order valence-corrected chi connectivity index (χ1v) is 7.16. The summed E-state index contributed by atoms with van der Waals surface area (Å²) < 4.78 is 64.6. The average molecular weight is 311 g/mol. The van der Waals surface area contributed by atoms with Gasteiger partial charge in [-0.2, -0.15) is 8.78 Å². The van der Waals surface area contributed by atoms with Crippen molar-refractivity contribution >= 4 is 33.9 Å². The van der Waals surface area contributed by atoms with Crippen LogP contribution in [0.2, 0.25) is 0 Å². The predicted octanol–water partition coefficient (Wildman–Crippen LogP) is 4.56. The second-order valence-electron chi connectivity index (χ2n) is 2.58. The van der Waals surface area contributed by atoms with Crippen molar-refractivity contribution in [1.82, 2.24) is 0 Å². The number of hydrogen-bond donors (Lipinski definition) is 0. The zero-order valence-corrected chi connectivity index (χ0v) is 9.84. The summed E-state index contributed by atoms with van der Waals surface area (Å²) in [5.41, 5.74) is 8.05. The van der Waals surface area contributed by atoms with Crippen LogP contribution in [0.1, 0.15) is 0 Å². The molecule has 0 radical (unpaired) electrons. The van der Waals surface area contributed by atoms with E-state index in [2.05, 4.69) is 9.80 Å². The molecule has 0 aliphatic carbocycles. The van der Waals surface area contributed by atoms with Crippen LogP contribution in [0.5, 0.6) is 0 Å². The molecule has 0 saturated heterocycles. The van der Waals surface area contributed by atoms with Crippen LogP contribution in [0.15, 0.2) is 4.88 Å². The van der Waals surface area contributed by atoms with Gasteiger partial charge in [0.15, 0.2) is 0 Å². The Hall–Kier alpha value is -0.810. The minimum absolute atomic E-state index is 1.52. The van der Waals surface area contributed by atoms with Gasteiger partial charge in [-0.3, -0.25) is 0 Å². The SMILES string of the molecule is [N-]=[N+]=N[P+](Cl)(Cl)c1c(F)c(F)c(F)c(F)c1F. The van der Waals surface area contributed by atoms with Crippen molar-refractivity contribution in [2.24, 2.45) is 4.88 Å². The van der Waals surface area contributed by atoms with E-state index >= 15 is 0 Å². The van der Waals surface area contributed by atoms with E-state index in [-0.39, 0.29) is 0 Å². The lowest BCUT2D eigenvalue weighted by Gasteiger charge is -2.06. The van der Waals surface area contributed by atoms with Gasteiger partial charge in [-0.15, -0.1) is 0 Å². The smallest absolute Gasteiger partial charge is 0.200 e. The van der Waals surface area contributed by atoms with E-state index in [4.69, 9.17) is 28.0 Å². The highest BCUT2D eigenvalue weighted by atomic mass is 35.9. The maximum absolute atomic E-state index is 13.2. The van der Waals surface area contributed by atoms with Crippen LogP contribution in [0.4, 0.5) is 22.0 Å². The van der Waals surface area contributed by atoms with Crippen LogP contribution in [0.3, 0.4) is 0 Å². The van der Waals surface area contributed by atoms with Crippen molar-refractivity contribution in [3.63, 3.8) is 0 Å². The Morgan fingerprint density at radius 1 is 0.882 bits per heavy atom. The van der Waals surface area contributed by atoms with Crippen molar-refractivity contribution in [2.75, 3.05) is 0 Å². The third-order valence-electron chi connectivity index (χ3n) is 1.61. The lowest BCUT2D eigenvalue weighted by atomic mass is 10.3. The van der Waals surface area contributed by atoms with Crippen molar-refractivity contribution in [1.29, 1.82) is 0 Å². The third-order valence-corrected chi connectivity index (χ3v) is 4.26. The number of hydrogen-bond acceptors (Lipinski definition) is 1. The molecule has 0 atom stereocenters. The molecule has 0 aliphatic rings. The molecule has 0 spiro atoms. The Labute approximate surface area is 101 Å². The average Bonchev–Trinajstić information content (AvgIpc) is 2.23. The molecule has 0 unspecified atom stereocenters. The van der Waals surface area contributed by atoms with E-state index in [1.165, 1.54) is 0 Å². The second-order valence-corrected chi connectivity index (χ2v) is 7.63. The van der Waals surface area contributed by atoms with Gasteiger partial charge in [-0.1, -0.05) is 0 Å². The number of rotatable bonds is 2. The molecule has 0 heterocycles. The van der Waals surface area contributed by atoms with Gasteiger partial charge in [0.05, 0.1) is 4.88 Å². The fourth-order valence-corrected chi connectivity index (χ4v) is 2.85. The van der Waals surface area contributed by atoms with Gasteiger partial charge in [-0.25, -0.2) is 13.2 Å². The summed E-state index contributed by atoms with van der Waals surface area (Å²) in [7, 11) is 0. The lowest BCUT2D eigenvalue weighted by molar-refractivity contribution is 0.384. The van der Waals surface area contributed by atoms with Crippen LogP contribution in [-0.2, 0) is 0 Å². The Balaban J connectivity index is 3.72. The van der Waals surface area contributed by atoms with Crippen molar-refractivity contribution in [2.45, 2.75) is 0 Å². The van der Waals surface area contributed by atoms with Crippen LogP contribution >= 0.6 is 28.6 Å². The highest BCUT2D eigenvalue weighted by molar-refractivity contribution is 8.21. The normalized spacial score (nSPS) is 11.2. The van der Waals surface area contributed by atoms with Gasteiger partial charge in [0.1, 0.15) is 22.5 Å². The number of nitrogens with zero attached hydrogens (tertiary/aromatic N) is 3. The van der Waals surface area contributed by atoms with E-state index in [0.717, 1.165) is 0 Å². The number of azide groups is 1. The molecule has 92 valence electrons. The molecule has 0 aromatic heterocycles. The monoisotopic (exact) mass is 310 g/mol. The lowest BCUT2D eigenvalue weighted by Crippen LogP contribution is -2.19. The van der Waals surface area contributed by atoms with Crippen molar-refractivity contribution in [3.8, 4) is 0 Å². The van der Waals surface area contributed by atoms with Gasteiger partial charge in [0.25, 0.3) is 0 Å². The number of benzene rings is 1. The van der Waals surface area contributed by atoms with Gasteiger partial charge < -0.3 is 0 Å². The zero-order valence-electron chi connectivity index (χ0n) is 7.43. The minimum Gasteiger partial charge on any atom is -0.200 e. The van der Waals surface area contributed by atoms with Crippen LogP contribution < -0.4 is 5.30 Å². The van der Waals surface area contributed by atoms with Gasteiger partial charge >= 0.3 is 6.12 Å². The summed E-state index contributed by atoms with van der Waals surface area (Å²) in [6.45, 7) is 0. The molecular formula is C6Cl2F5N3P+. The fraction of sp³-hybridized carbons (Fsp3) is 0. The van der Waals surface area contributed by atoms with Crippen LogP contribution in [-0.4, -0.2) is 0 Å². The van der Waals surface area contributed by atoms with Gasteiger partial charge in [0.2, 0.25) is 34.4 Å². The molecule has 3 nitrogen and oxygen atoms in total. The molecule has 0 fully saturated rings. The Kier molecular flexibility index (Phi) is 4.04. The molecule has 0 N–H and O–H groups in total. The second kappa shape index (κ2) is 4.82. The number of halogens is 7. The molecule has 0 aliphatic heterocycles. The summed E-state index contributed by atoms with van der Waals surface area (Å²) in [6, 6.07) is 0. The quantitative estimate of drug-likeness (QED) is 0.146. The van der Waals surface area contributed by atoms with E-state index in [1.807, 2.05) is 0 Å². The van der Waals surface area contributed by atoms with Gasteiger partial charge in [-0.05, 0) is 5.53 Å². The van der Waals surface area contributed by atoms with Crippen LogP contribution in [0, 0.1) is 29.1 Å². The summed E-state index contributed by atoms with van der Waals surface area (Å²) >= 11 is 10.6. The first kappa shape index (κ1) is 14.3. The molecule has 0 bridgehead atoms. The fourth-order valence-electron chi connectivity index (χ4n) is 0.924. The third kappa shape index (κ3) is 2.40. The van der Waals surface area contributed by atoms with E-state index in [0.29, 0.717) is 0 Å². The Morgan fingerprint density at radius 3 is 1.59 bits per heavy atom. The Morgan fingerprint density at radius 2 is 1.24 bits per heavy atom. The molecule has 1 aromatic rings. The topological polar surface area (TPSA) is 48.8 Å². The highest BCUT2D eigenvalue weighted by Crippen LogP contribution is 2.70. The van der Waals surface area contributed by atoms with Crippen molar-refractivity contribution < 1.29 is 22.0 Å². The molecule has 1 aromatic carbocycles. The summed E-state index contributed by atoms with van der Waals surface area (Å²) in [6.07, 6.45) is -4.19. The van der Waals surface area contributed by atoms with E-state index in [1.54, 1.807) is 0 Å². The highest BCUT2D eigenvalue weighted by Gasteiger charge is 2.48. The standard InChI is InChI=1S/C6Cl2F5N3P/c7-17(8,16-15-14)6-4(12)2(10)1(9)3(11)5(6)13/q+1. The largest absolute Gasteiger partial charge is 0.358 e. The molecule has 17 heavy (non-hydrogen) atoms. The summed E-state index contributed by atoms with van der Waals surface area (Å²) in [4.78, 5) is 4.73. The van der Waals surface area contributed by atoms with Crippen LogP contribution in [0.25, 0.3) is 10.4 Å². The summed E-state index contributed by atoms with van der Waals surface area (Å²) in [5, 5.41) is -1.52. The maximum Gasteiger partial charge on any atom is 0.358 e. The van der Waals surface area contributed by atoms with Gasteiger partial charge in [0, 0.05) is 4.91 Å². The van der Waals surface area contributed by atoms with E-state index in [9.17, 15) is 22.0 Å². The Bertz CT molecular complexity index is 502. The minimum atomic E-state index is -4.19.